The molecule has 0 aromatic carbocycles. The minimum Gasteiger partial charge on any atom is -0.479 e. The lowest BCUT2D eigenvalue weighted by Crippen LogP contribution is -2.55. The van der Waals surface area contributed by atoms with Gasteiger partial charge in [0.05, 0.1) is 12.0 Å². The number of amides is 1. The number of carboxylic acid groups (broad SMARTS) is 1. The van der Waals surface area contributed by atoms with Gasteiger partial charge < -0.3 is 14.4 Å². The van der Waals surface area contributed by atoms with E-state index in [1.54, 1.807) is 18.2 Å². The molecular formula is C14H15NO5S. The fourth-order valence-electron chi connectivity index (χ4n) is 2.27. The fourth-order valence-corrected chi connectivity index (χ4v) is 2.75. The van der Waals surface area contributed by atoms with Gasteiger partial charge in [0.2, 0.25) is 5.91 Å². The summed E-state index contributed by atoms with van der Waals surface area (Å²) >= 11 is 0.872. The van der Waals surface area contributed by atoms with E-state index in [0.29, 0.717) is 5.76 Å². The first kappa shape index (κ1) is 15.4. The maximum atomic E-state index is 12.2. The summed E-state index contributed by atoms with van der Waals surface area (Å²) in [5.41, 5.74) is -1.45. The monoisotopic (exact) mass is 309 g/mol. The van der Waals surface area contributed by atoms with Crippen LogP contribution < -0.4 is 0 Å². The Morgan fingerprint density at radius 3 is 2.81 bits per heavy atom. The predicted octanol–water partition coefficient (Wildman–Crippen LogP) is 1.32. The molecule has 0 saturated heterocycles. The Hall–Kier alpha value is -2.02. The molecule has 0 saturated carbocycles. The second-order valence-corrected chi connectivity index (χ2v) is 5.82. The van der Waals surface area contributed by atoms with Crippen LogP contribution in [0.5, 0.6) is 0 Å². The number of carbonyl (C=O) groups is 3. The number of thioether (sulfide) groups is 1. The van der Waals surface area contributed by atoms with Gasteiger partial charge in [-0.3, -0.25) is 9.59 Å². The highest BCUT2D eigenvalue weighted by Crippen LogP contribution is 2.29. The summed E-state index contributed by atoms with van der Waals surface area (Å²) in [7, 11) is 0. The molecule has 1 N–H and O–H groups in total. The van der Waals surface area contributed by atoms with Crippen LogP contribution in [0.25, 0.3) is 0 Å². The Bertz CT molecular complexity index is 580. The van der Waals surface area contributed by atoms with Crippen LogP contribution >= 0.6 is 11.8 Å². The largest absolute Gasteiger partial charge is 0.479 e. The standard InChI is InChI=1S/C14H15NO5S/c1-10(16)21-9-12(17)15-6-3-5-14(15,13(18)19)8-11-4-2-7-20-11/h2-5,7H,6,8-9H2,1H3,(H,18,19)/t14-/m1/s1. The molecule has 6 nitrogen and oxygen atoms in total. The van der Waals surface area contributed by atoms with Crippen LogP contribution in [0.1, 0.15) is 12.7 Å². The highest BCUT2D eigenvalue weighted by atomic mass is 32.2. The van der Waals surface area contributed by atoms with Crippen molar-refractivity contribution < 1.29 is 23.9 Å². The number of nitrogens with zero attached hydrogens (tertiary/aromatic N) is 1. The van der Waals surface area contributed by atoms with E-state index < -0.39 is 11.5 Å². The third-order valence-corrected chi connectivity index (χ3v) is 4.06. The van der Waals surface area contributed by atoms with E-state index in [-0.39, 0.29) is 29.7 Å². The minimum absolute atomic E-state index is 0.0578. The molecule has 0 fully saturated rings. The van der Waals surface area contributed by atoms with E-state index >= 15 is 0 Å². The molecule has 1 aromatic heterocycles. The highest BCUT2D eigenvalue weighted by molar-refractivity contribution is 8.14. The Morgan fingerprint density at radius 2 is 2.24 bits per heavy atom. The number of rotatable bonds is 5. The van der Waals surface area contributed by atoms with Crippen LogP contribution in [-0.2, 0) is 20.8 Å². The third-order valence-electron chi connectivity index (χ3n) is 3.26. The predicted molar refractivity (Wildman–Crippen MR) is 76.8 cm³/mol. The number of hydrogen-bond donors (Lipinski definition) is 1. The summed E-state index contributed by atoms with van der Waals surface area (Å²) in [6, 6.07) is 3.34. The van der Waals surface area contributed by atoms with Crippen molar-refractivity contribution in [3.05, 3.63) is 36.3 Å². The van der Waals surface area contributed by atoms with E-state index in [0.717, 1.165) is 11.8 Å². The quantitative estimate of drug-likeness (QED) is 0.825. The van der Waals surface area contributed by atoms with Gasteiger partial charge in [0, 0.05) is 19.9 Å². The Balaban J connectivity index is 2.21. The highest BCUT2D eigenvalue weighted by Gasteiger charge is 2.47. The molecule has 0 bridgehead atoms. The minimum atomic E-state index is -1.45. The van der Waals surface area contributed by atoms with Crippen LogP contribution in [0.4, 0.5) is 0 Å². The van der Waals surface area contributed by atoms with Gasteiger partial charge in [0.1, 0.15) is 5.76 Å². The summed E-state index contributed by atoms with van der Waals surface area (Å²) in [5, 5.41) is 9.42. The van der Waals surface area contributed by atoms with Crippen molar-refractivity contribution in [1.82, 2.24) is 4.90 Å². The first-order valence-electron chi connectivity index (χ1n) is 6.33. The lowest BCUT2D eigenvalue weighted by Gasteiger charge is -2.33. The zero-order chi connectivity index (χ0) is 15.5. The van der Waals surface area contributed by atoms with Gasteiger partial charge in [-0.15, -0.1) is 0 Å². The van der Waals surface area contributed by atoms with E-state index in [9.17, 15) is 19.5 Å². The van der Waals surface area contributed by atoms with E-state index in [1.807, 2.05) is 0 Å². The van der Waals surface area contributed by atoms with Gasteiger partial charge in [-0.1, -0.05) is 17.8 Å². The number of furan rings is 1. The molecule has 21 heavy (non-hydrogen) atoms. The summed E-state index contributed by atoms with van der Waals surface area (Å²) < 4.78 is 5.20. The number of carbonyl (C=O) groups excluding carboxylic acids is 2. The smallest absolute Gasteiger partial charge is 0.334 e. The fraction of sp³-hybridized carbons (Fsp3) is 0.357. The van der Waals surface area contributed by atoms with Gasteiger partial charge in [-0.2, -0.15) is 0 Å². The maximum Gasteiger partial charge on any atom is 0.334 e. The van der Waals surface area contributed by atoms with E-state index in [1.165, 1.54) is 24.2 Å². The number of aliphatic carboxylic acids is 1. The van der Waals surface area contributed by atoms with Crippen molar-refractivity contribution in [1.29, 1.82) is 0 Å². The second-order valence-electron chi connectivity index (χ2n) is 4.67. The summed E-state index contributed by atoms with van der Waals surface area (Å²) in [6.07, 6.45) is 4.67. The molecule has 0 radical (unpaired) electrons. The number of carboxylic acids is 1. The SMILES string of the molecule is CC(=O)SCC(=O)N1CC=C[C@@]1(Cc1ccco1)C(=O)O. The van der Waals surface area contributed by atoms with Gasteiger partial charge in [-0.25, -0.2) is 4.79 Å². The van der Waals surface area contributed by atoms with Gasteiger partial charge >= 0.3 is 5.97 Å². The van der Waals surface area contributed by atoms with Gasteiger partial charge in [0.15, 0.2) is 10.7 Å². The molecular weight excluding hydrogens is 294 g/mol. The summed E-state index contributed by atoms with van der Waals surface area (Å²) in [4.78, 5) is 36.2. The van der Waals surface area contributed by atoms with Crippen LogP contribution in [0.3, 0.4) is 0 Å². The zero-order valence-corrected chi connectivity index (χ0v) is 12.3. The van der Waals surface area contributed by atoms with Crippen molar-refractivity contribution in [2.24, 2.45) is 0 Å². The Kier molecular flexibility index (Phi) is 4.52. The molecule has 7 heteroatoms. The summed E-state index contributed by atoms with van der Waals surface area (Å²) in [6.45, 7) is 1.58. The van der Waals surface area contributed by atoms with Crippen LogP contribution in [-0.4, -0.2) is 44.8 Å². The number of hydrogen-bond acceptors (Lipinski definition) is 5. The topological polar surface area (TPSA) is 87.8 Å². The molecule has 1 aliphatic heterocycles. The molecule has 1 aliphatic rings. The maximum absolute atomic E-state index is 12.2. The molecule has 2 heterocycles. The average Bonchev–Trinajstić information content (AvgIpc) is 3.06. The van der Waals surface area contributed by atoms with Crippen molar-refractivity contribution in [2.45, 2.75) is 18.9 Å². The summed E-state index contributed by atoms with van der Waals surface area (Å²) in [5.74, 6) is -1.08. The van der Waals surface area contributed by atoms with Crippen molar-refractivity contribution >= 4 is 28.8 Å². The molecule has 1 amide bonds. The lowest BCUT2D eigenvalue weighted by atomic mass is 9.93. The van der Waals surface area contributed by atoms with Gasteiger partial charge in [0.25, 0.3) is 0 Å². The third kappa shape index (κ3) is 3.18. The molecule has 2 rings (SSSR count). The lowest BCUT2D eigenvalue weighted by molar-refractivity contribution is -0.153. The Labute approximate surface area is 125 Å². The molecule has 0 unspecified atom stereocenters. The first-order chi connectivity index (χ1) is 9.95. The van der Waals surface area contributed by atoms with Crippen LogP contribution in [0.2, 0.25) is 0 Å². The normalized spacial score (nSPS) is 20.7. The van der Waals surface area contributed by atoms with Crippen LogP contribution in [0, 0.1) is 0 Å². The van der Waals surface area contributed by atoms with E-state index in [4.69, 9.17) is 4.42 Å². The first-order valence-corrected chi connectivity index (χ1v) is 7.31. The average molecular weight is 309 g/mol. The van der Waals surface area contributed by atoms with Crippen molar-refractivity contribution in [3.63, 3.8) is 0 Å². The Morgan fingerprint density at radius 1 is 1.48 bits per heavy atom. The van der Waals surface area contributed by atoms with Crippen molar-refractivity contribution in [3.8, 4) is 0 Å². The molecule has 112 valence electrons. The van der Waals surface area contributed by atoms with Crippen LogP contribution in [0.15, 0.2) is 35.0 Å². The molecule has 1 aromatic rings. The van der Waals surface area contributed by atoms with Gasteiger partial charge in [-0.05, 0) is 18.2 Å². The van der Waals surface area contributed by atoms with Crippen molar-refractivity contribution in [2.75, 3.05) is 12.3 Å². The molecule has 0 aliphatic carbocycles. The molecule has 0 spiro atoms. The molecule has 1 atom stereocenters. The van der Waals surface area contributed by atoms with E-state index in [2.05, 4.69) is 0 Å². The second kappa shape index (κ2) is 6.17. The zero-order valence-electron chi connectivity index (χ0n) is 11.4.